The molecule has 1 aliphatic heterocycles. The van der Waals surface area contributed by atoms with Crippen molar-refractivity contribution in [2.24, 2.45) is 0 Å². The van der Waals surface area contributed by atoms with E-state index in [0.717, 1.165) is 24.2 Å². The molecule has 3 heterocycles. The number of anilines is 1. The fraction of sp³-hybridized carbons (Fsp3) is 0.467. The topological polar surface area (TPSA) is 37.6 Å². The van der Waals surface area contributed by atoms with E-state index >= 15 is 0 Å². The maximum atomic E-state index is 11.5. The van der Waals surface area contributed by atoms with E-state index in [1.54, 1.807) is 0 Å². The number of carbonyl (C=O) groups excluding carboxylic acids is 1. The number of carbonyl (C=O) groups is 1. The lowest BCUT2D eigenvalue weighted by Crippen LogP contribution is -2.35. The second-order valence-electron chi connectivity index (χ2n) is 5.26. The first-order valence-corrected chi connectivity index (χ1v) is 6.96. The molecule has 4 heteroatoms. The molecule has 1 aliphatic rings. The Morgan fingerprint density at radius 2 is 2.26 bits per heavy atom. The highest BCUT2D eigenvalue weighted by atomic mass is 16.1. The van der Waals surface area contributed by atoms with Gasteiger partial charge >= 0.3 is 0 Å². The predicted octanol–water partition coefficient (Wildman–Crippen LogP) is 2.91. The van der Waals surface area contributed by atoms with Gasteiger partial charge in [0.05, 0.1) is 0 Å². The Balaban J connectivity index is 2.16. The lowest BCUT2D eigenvalue weighted by atomic mass is 10.1. The smallest absolute Gasteiger partial charge is 0.170 e. The van der Waals surface area contributed by atoms with Crippen LogP contribution in [0.25, 0.3) is 5.65 Å². The van der Waals surface area contributed by atoms with Crippen molar-refractivity contribution in [3.63, 3.8) is 0 Å². The minimum absolute atomic E-state index is 0.452. The zero-order valence-corrected chi connectivity index (χ0v) is 11.4. The van der Waals surface area contributed by atoms with Crippen molar-refractivity contribution >= 4 is 17.8 Å². The average molecular weight is 257 g/mol. The van der Waals surface area contributed by atoms with Crippen LogP contribution in [0.2, 0.25) is 0 Å². The molecule has 0 N–H and O–H groups in total. The molecular formula is C15H19N3O. The quantitative estimate of drug-likeness (QED) is 0.793. The van der Waals surface area contributed by atoms with Crippen molar-refractivity contribution in [3.8, 4) is 0 Å². The van der Waals surface area contributed by atoms with E-state index in [1.807, 2.05) is 28.8 Å². The highest BCUT2D eigenvalue weighted by Crippen LogP contribution is 2.33. The van der Waals surface area contributed by atoms with Gasteiger partial charge in [-0.15, -0.1) is 0 Å². The van der Waals surface area contributed by atoms with Crippen LogP contribution in [0.1, 0.15) is 43.6 Å². The molecule has 1 saturated heterocycles. The van der Waals surface area contributed by atoms with E-state index in [2.05, 4.69) is 23.7 Å². The predicted molar refractivity (Wildman–Crippen MR) is 75.8 cm³/mol. The largest absolute Gasteiger partial charge is 0.349 e. The summed E-state index contributed by atoms with van der Waals surface area (Å²) in [5.41, 5.74) is 1.51. The number of hydrogen-bond acceptors (Lipinski definition) is 3. The summed E-state index contributed by atoms with van der Waals surface area (Å²) in [4.78, 5) is 18.5. The SMILES string of the molecule is CCC1CCC(C)N1c1nc2ccccn2c1C=O. The summed E-state index contributed by atoms with van der Waals surface area (Å²) in [6.07, 6.45) is 6.27. The zero-order chi connectivity index (χ0) is 13.4. The van der Waals surface area contributed by atoms with Crippen molar-refractivity contribution in [3.05, 3.63) is 30.1 Å². The summed E-state index contributed by atoms with van der Waals surface area (Å²) in [5.74, 6) is 0.845. The number of pyridine rings is 1. The molecule has 0 aromatic carbocycles. The number of rotatable bonds is 3. The normalized spacial score (nSPS) is 23.2. The van der Waals surface area contributed by atoms with Gasteiger partial charge in [-0.3, -0.25) is 9.20 Å². The van der Waals surface area contributed by atoms with Crippen molar-refractivity contribution in [2.75, 3.05) is 4.90 Å². The van der Waals surface area contributed by atoms with Crippen LogP contribution in [-0.4, -0.2) is 27.8 Å². The van der Waals surface area contributed by atoms with Gasteiger partial charge in [0.25, 0.3) is 0 Å². The van der Waals surface area contributed by atoms with Crippen LogP contribution in [0.15, 0.2) is 24.4 Å². The van der Waals surface area contributed by atoms with E-state index in [4.69, 9.17) is 0 Å². The molecule has 1 fully saturated rings. The van der Waals surface area contributed by atoms with Gasteiger partial charge in [0, 0.05) is 18.3 Å². The third kappa shape index (κ3) is 1.82. The van der Waals surface area contributed by atoms with E-state index in [9.17, 15) is 4.79 Å². The molecule has 100 valence electrons. The van der Waals surface area contributed by atoms with Gasteiger partial charge < -0.3 is 4.90 Å². The standard InChI is InChI=1S/C15H19N3O/c1-3-12-8-7-11(2)18(12)15-13(10-19)17-9-5-4-6-14(17)16-15/h4-6,9-12H,3,7-8H2,1-2H3. The summed E-state index contributed by atoms with van der Waals surface area (Å²) in [7, 11) is 0. The van der Waals surface area contributed by atoms with Crippen LogP contribution in [0.3, 0.4) is 0 Å². The van der Waals surface area contributed by atoms with Crippen LogP contribution in [0.4, 0.5) is 5.82 Å². The van der Waals surface area contributed by atoms with Crippen molar-refractivity contribution < 1.29 is 4.79 Å². The molecule has 19 heavy (non-hydrogen) atoms. The highest BCUT2D eigenvalue weighted by molar-refractivity contribution is 5.83. The van der Waals surface area contributed by atoms with Crippen molar-refractivity contribution in [2.45, 2.75) is 45.2 Å². The van der Waals surface area contributed by atoms with Gasteiger partial charge in [-0.2, -0.15) is 0 Å². The van der Waals surface area contributed by atoms with Crippen molar-refractivity contribution in [1.29, 1.82) is 0 Å². The van der Waals surface area contributed by atoms with Crippen LogP contribution < -0.4 is 4.90 Å². The Morgan fingerprint density at radius 1 is 1.42 bits per heavy atom. The van der Waals surface area contributed by atoms with E-state index in [-0.39, 0.29) is 0 Å². The first kappa shape index (κ1) is 12.2. The molecule has 0 spiro atoms. The van der Waals surface area contributed by atoms with Gasteiger partial charge in [-0.1, -0.05) is 13.0 Å². The van der Waals surface area contributed by atoms with Crippen LogP contribution in [-0.2, 0) is 0 Å². The van der Waals surface area contributed by atoms with Gasteiger partial charge in [0.2, 0.25) is 0 Å². The molecule has 0 saturated carbocycles. The van der Waals surface area contributed by atoms with Gasteiger partial charge in [0.1, 0.15) is 11.3 Å². The maximum Gasteiger partial charge on any atom is 0.170 e. The molecule has 2 atom stereocenters. The summed E-state index contributed by atoms with van der Waals surface area (Å²) < 4.78 is 1.88. The lowest BCUT2D eigenvalue weighted by molar-refractivity contribution is 0.111. The Morgan fingerprint density at radius 3 is 3.00 bits per heavy atom. The molecule has 0 bridgehead atoms. The summed E-state index contributed by atoms with van der Waals surface area (Å²) >= 11 is 0. The summed E-state index contributed by atoms with van der Waals surface area (Å²) in [5, 5.41) is 0. The third-order valence-corrected chi connectivity index (χ3v) is 4.16. The summed E-state index contributed by atoms with van der Waals surface area (Å²) in [6, 6.07) is 6.77. The number of fused-ring (bicyclic) bond motifs is 1. The van der Waals surface area contributed by atoms with Crippen molar-refractivity contribution in [1.82, 2.24) is 9.38 Å². The molecule has 2 aromatic heterocycles. The van der Waals surface area contributed by atoms with E-state index < -0.39 is 0 Å². The Kier molecular flexibility index (Phi) is 3.01. The molecular weight excluding hydrogens is 238 g/mol. The van der Waals surface area contributed by atoms with Crippen LogP contribution in [0.5, 0.6) is 0 Å². The third-order valence-electron chi connectivity index (χ3n) is 4.16. The monoisotopic (exact) mass is 257 g/mol. The molecule has 0 amide bonds. The number of aldehydes is 1. The molecule has 2 unspecified atom stereocenters. The Bertz CT molecular complexity index is 604. The Labute approximate surface area is 113 Å². The molecule has 4 nitrogen and oxygen atoms in total. The second kappa shape index (κ2) is 4.68. The molecule has 0 aliphatic carbocycles. The molecule has 0 radical (unpaired) electrons. The number of imidazole rings is 1. The molecule has 2 aromatic rings. The van der Waals surface area contributed by atoms with E-state index in [0.29, 0.717) is 17.8 Å². The number of nitrogens with zero attached hydrogens (tertiary/aromatic N) is 3. The molecule has 3 rings (SSSR count). The first-order chi connectivity index (χ1) is 9.26. The van der Waals surface area contributed by atoms with E-state index in [1.165, 1.54) is 12.8 Å². The van der Waals surface area contributed by atoms with Crippen LogP contribution >= 0.6 is 0 Å². The Hall–Kier alpha value is -1.84. The first-order valence-electron chi connectivity index (χ1n) is 6.96. The van der Waals surface area contributed by atoms with Gasteiger partial charge in [0.15, 0.2) is 12.1 Å². The average Bonchev–Trinajstić information content (AvgIpc) is 2.97. The fourth-order valence-electron chi connectivity index (χ4n) is 3.16. The van der Waals surface area contributed by atoms with Gasteiger partial charge in [-0.05, 0) is 38.3 Å². The minimum atomic E-state index is 0.452. The lowest BCUT2D eigenvalue weighted by Gasteiger charge is -2.28. The minimum Gasteiger partial charge on any atom is -0.349 e. The number of hydrogen-bond donors (Lipinski definition) is 0. The van der Waals surface area contributed by atoms with Crippen LogP contribution in [0, 0.1) is 0 Å². The summed E-state index contributed by atoms with van der Waals surface area (Å²) in [6.45, 7) is 4.42. The maximum absolute atomic E-state index is 11.5. The zero-order valence-electron chi connectivity index (χ0n) is 11.4. The fourth-order valence-corrected chi connectivity index (χ4v) is 3.16. The van der Waals surface area contributed by atoms with Gasteiger partial charge in [-0.25, -0.2) is 4.98 Å². The second-order valence-corrected chi connectivity index (χ2v) is 5.26. The number of aromatic nitrogens is 2. The highest BCUT2D eigenvalue weighted by Gasteiger charge is 2.33.